The fraction of sp³-hybridized carbons (Fsp3) is 1.00. The second-order valence-corrected chi connectivity index (χ2v) is 3.00. The van der Waals surface area contributed by atoms with Crippen molar-refractivity contribution >= 4 is 12.4 Å². The van der Waals surface area contributed by atoms with Gasteiger partial charge in [-0.1, -0.05) is 0 Å². The smallest absolute Gasteiger partial charge is 0.268 e. The highest BCUT2D eigenvalue weighted by Gasteiger charge is 2.21. The third-order valence-electron chi connectivity index (χ3n) is 1.82. The molecule has 0 amide bonds. The van der Waals surface area contributed by atoms with Gasteiger partial charge in [-0.3, -0.25) is 10.1 Å². The van der Waals surface area contributed by atoms with Crippen LogP contribution in [0.3, 0.4) is 0 Å². The first-order valence-electron chi connectivity index (χ1n) is 4.69. The summed E-state index contributed by atoms with van der Waals surface area (Å²) in [7, 11) is 0. The quantitative estimate of drug-likeness (QED) is 0.256. The van der Waals surface area contributed by atoms with Crippen molar-refractivity contribution in [2.24, 2.45) is 11.5 Å². The number of hydrogen-bond acceptors (Lipinski definition) is 7. The van der Waals surface area contributed by atoms with Gasteiger partial charge in [0.1, 0.15) is 6.67 Å². The zero-order chi connectivity index (χ0) is 12.6. The summed E-state index contributed by atoms with van der Waals surface area (Å²) in [5.41, 5.74) is 10.3. The van der Waals surface area contributed by atoms with E-state index in [1.54, 1.807) is 0 Å². The summed E-state index contributed by atoms with van der Waals surface area (Å²) in [5, 5.41) is 23.5. The van der Waals surface area contributed by atoms with Crippen LogP contribution in [-0.2, 0) is 0 Å². The van der Waals surface area contributed by atoms with Crippen molar-refractivity contribution in [1.82, 2.24) is 10.3 Å². The molecule has 0 aromatic rings. The third kappa shape index (κ3) is 7.63. The molecule has 0 saturated carbocycles. The van der Waals surface area contributed by atoms with Crippen LogP contribution in [0, 0.1) is 20.2 Å². The van der Waals surface area contributed by atoms with Crippen molar-refractivity contribution in [3.63, 3.8) is 0 Å². The van der Waals surface area contributed by atoms with Gasteiger partial charge in [0, 0.05) is 24.4 Å². The summed E-state index contributed by atoms with van der Waals surface area (Å²) in [5.74, 6) is 0. The molecular formula is C6H17ClN6O4. The predicted octanol–water partition coefficient (Wildman–Crippen LogP) is -1.64. The average Bonchev–Trinajstić information content (AvgIpc) is 2.21. The molecule has 0 rings (SSSR count). The van der Waals surface area contributed by atoms with Crippen molar-refractivity contribution in [1.29, 1.82) is 0 Å². The SMILES string of the molecule is Cl.NCCC(NCN(CCN)[N+](=O)[O-])[N+](=O)[O-]. The molecule has 1 unspecified atom stereocenters. The number of nitro groups is 2. The van der Waals surface area contributed by atoms with Gasteiger partial charge in [-0.05, 0) is 0 Å². The number of hydrazine groups is 1. The van der Waals surface area contributed by atoms with E-state index in [4.69, 9.17) is 11.5 Å². The molecule has 0 saturated heterocycles. The Morgan fingerprint density at radius 3 is 2.18 bits per heavy atom. The Morgan fingerprint density at radius 1 is 1.24 bits per heavy atom. The molecule has 0 spiro atoms. The Morgan fingerprint density at radius 2 is 1.82 bits per heavy atom. The van der Waals surface area contributed by atoms with Gasteiger partial charge in [-0.25, -0.2) is 15.4 Å². The highest BCUT2D eigenvalue weighted by molar-refractivity contribution is 5.85. The maximum absolute atomic E-state index is 10.5. The maximum atomic E-state index is 10.5. The number of rotatable bonds is 9. The molecule has 0 aliphatic heterocycles. The summed E-state index contributed by atoms with van der Waals surface area (Å²) in [6.07, 6.45) is -0.966. The van der Waals surface area contributed by atoms with Crippen LogP contribution in [0.15, 0.2) is 0 Å². The van der Waals surface area contributed by atoms with E-state index in [0.29, 0.717) is 0 Å². The van der Waals surface area contributed by atoms with Crippen LogP contribution in [0.25, 0.3) is 0 Å². The molecule has 102 valence electrons. The molecule has 5 N–H and O–H groups in total. The lowest BCUT2D eigenvalue weighted by Crippen LogP contribution is -2.47. The Kier molecular flexibility index (Phi) is 10.6. The summed E-state index contributed by atoms with van der Waals surface area (Å²) in [6, 6.07) is 0. The first-order valence-corrected chi connectivity index (χ1v) is 4.69. The van der Waals surface area contributed by atoms with Crippen molar-refractivity contribution in [3.05, 3.63) is 20.2 Å². The van der Waals surface area contributed by atoms with Crippen molar-refractivity contribution < 1.29 is 9.96 Å². The number of nitrogens with one attached hydrogen (secondary N) is 1. The predicted molar refractivity (Wildman–Crippen MR) is 62.5 cm³/mol. The topological polar surface area (TPSA) is 154 Å². The Bertz CT molecular complexity index is 219. The number of hydrogen-bond donors (Lipinski definition) is 3. The standard InChI is InChI=1S/C6H16N6O4.ClH/c7-2-1-6(11(13)14)9-5-10(4-3-8)12(15)16;/h6,9H,1-5,7-8H2;1H. The monoisotopic (exact) mass is 272 g/mol. The number of nitrogens with two attached hydrogens (primary N) is 2. The summed E-state index contributed by atoms with van der Waals surface area (Å²) in [6.45, 7) is 0.0135. The molecular weight excluding hydrogens is 256 g/mol. The van der Waals surface area contributed by atoms with E-state index in [-0.39, 0.29) is 45.1 Å². The van der Waals surface area contributed by atoms with Crippen LogP contribution >= 0.6 is 12.4 Å². The van der Waals surface area contributed by atoms with Gasteiger partial charge < -0.3 is 11.5 Å². The van der Waals surface area contributed by atoms with Gasteiger partial charge in [0.05, 0.1) is 6.54 Å². The molecule has 10 nitrogen and oxygen atoms in total. The van der Waals surface area contributed by atoms with Gasteiger partial charge >= 0.3 is 0 Å². The molecule has 11 heteroatoms. The Hall–Kier alpha value is -1.23. The van der Waals surface area contributed by atoms with Crippen molar-refractivity contribution in [3.8, 4) is 0 Å². The van der Waals surface area contributed by atoms with Gasteiger partial charge in [0.2, 0.25) is 0 Å². The summed E-state index contributed by atoms with van der Waals surface area (Å²) in [4.78, 5) is 20.4. The average molecular weight is 273 g/mol. The largest absolute Gasteiger partial charge is 0.330 e. The van der Waals surface area contributed by atoms with Gasteiger partial charge in [-0.2, -0.15) is 0 Å². The van der Waals surface area contributed by atoms with E-state index >= 15 is 0 Å². The van der Waals surface area contributed by atoms with Crippen molar-refractivity contribution in [2.75, 3.05) is 26.3 Å². The minimum Gasteiger partial charge on any atom is -0.330 e. The molecule has 17 heavy (non-hydrogen) atoms. The molecule has 0 aliphatic rings. The molecule has 0 bridgehead atoms. The van der Waals surface area contributed by atoms with Crippen LogP contribution in [0.1, 0.15) is 6.42 Å². The molecule has 0 radical (unpaired) electrons. The number of halogens is 1. The highest BCUT2D eigenvalue weighted by Crippen LogP contribution is 1.93. The molecule has 0 fully saturated rings. The van der Waals surface area contributed by atoms with E-state index in [2.05, 4.69) is 5.32 Å². The zero-order valence-corrected chi connectivity index (χ0v) is 9.97. The minimum absolute atomic E-state index is 0. The lowest BCUT2D eigenvalue weighted by molar-refractivity contribution is -0.658. The molecule has 0 aromatic carbocycles. The maximum Gasteiger partial charge on any atom is 0.268 e. The van der Waals surface area contributed by atoms with Gasteiger partial charge in [0.15, 0.2) is 5.03 Å². The molecule has 0 aliphatic carbocycles. The normalized spacial score (nSPS) is 11.4. The Labute approximate surface area is 104 Å². The second kappa shape index (κ2) is 9.96. The fourth-order valence-corrected chi connectivity index (χ4v) is 1.02. The molecule has 1 atom stereocenters. The zero-order valence-electron chi connectivity index (χ0n) is 9.15. The van der Waals surface area contributed by atoms with Gasteiger partial charge in [-0.15, -0.1) is 17.4 Å². The van der Waals surface area contributed by atoms with E-state index in [0.717, 1.165) is 5.01 Å². The van der Waals surface area contributed by atoms with E-state index in [9.17, 15) is 20.2 Å². The summed E-state index contributed by atoms with van der Waals surface area (Å²) >= 11 is 0. The third-order valence-corrected chi connectivity index (χ3v) is 1.82. The minimum atomic E-state index is -1.08. The molecule has 0 heterocycles. The van der Waals surface area contributed by atoms with Crippen LogP contribution in [0.2, 0.25) is 0 Å². The van der Waals surface area contributed by atoms with E-state index in [1.165, 1.54) is 0 Å². The molecule has 0 aromatic heterocycles. The number of nitrogens with zero attached hydrogens (tertiary/aromatic N) is 3. The van der Waals surface area contributed by atoms with E-state index < -0.39 is 16.1 Å². The second-order valence-electron chi connectivity index (χ2n) is 3.00. The van der Waals surface area contributed by atoms with Crippen molar-refractivity contribution in [2.45, 2.75) is 12.6 Å². The first-order chi connectivity index (χ1) is 7.52. The lowest BCUT2D eigenvalue weighted by Gasteiger charge is -2.15. The van der Waals surface area contributed by atoms with E-state index in [1.807, 2.05) is 0 Å². The highest BCUT2D eigenvalue weighted by atomic mass is 35.5. The first kappa shape index (κ1) is 18.1. The van der Waals surface area contributed by atoms with Gasteiger partial charge in [0.25, 0.3) is 6.17 Å². The fourth-order valence-electron chi connectivity index (χ4n) is 1.02. The Balaban J connectivity index is 0. The summed E-state index contributed by atoms with van der Waals surface area (Å²) < 4.78 is 0. The van der Waals surface area contributed by atoms with Crippen LogP contribution < -0.4 is 16.8 Å². The van der Waals surface area contributed by atoms with Crippen LogP contribution in [0.4, 0.5) is 0 Å². The van der Waals surface area contributed by atoms with Crippen LogP contribution in [-0.4, -0.2) is 47.4 Å². The lowest BCUT2D eigenvalue weighted by atomic mass is 10.3. The van der Waals surface area contributed by atoms with Crippen LogP contribution in [0.5, 0.6) is 0 Å².